The molecular formula is C19H18BrFN4O2S. The first-order valence-corrected chi connectivity index (χ1v) is 9.46. The van der Waals surface area contributed by atoms with Gasteiger partial charge in [0, 0.05) is 17.8 Å². The molecule has 3 rings (SSSR count). The zero-order chi connectivity index (χ0) is 20.1. The fourth-order valence-electron chi connectivity index (χ4n) is 2.54. The number of halogens is 2. The summed E-state index contributed by atoms with van der Waals surface area (Å²) in [4.78, 5) is 0. The van der Waals surface area contributed by atoms with Crippen molar-refractivity contribution in [3.63, 3.8) is 0 Å². The van der Waals surface area contributed by atoms with Crippen LogP contribution in [-0.4, -0.2) is 29.1 Å². The normalized spacial score (nSPS) is 10.4. The summed E-state index contributed by atoms with van der Waals surface area (Å²) >= 11 is 8.82. The summed E-state index contributed by atoms with van der Waals surface area (Å²) in [6.45, 7) is 0.302. The Labute approximate surface area is 175 Å². The highest BCUT2D eigenvalue weighted by molar-refractivity contribution is 9.10. The fraction of sp³-hybridized carbons (Fsp3) is 0.158. The van der Waals surface area contributed by atoms with Crippen LogP contribution >= 0.6 is 28.1 Å². The van der Waals surface area contributed by atoms with Crippen molar-refractivity contribution in [2.75, 3.05) is 24.9 Å². The van der Waals surface area contributed by atoms with Gasteiger partial charge in [-0.3, -0.25) is 4.68 Å². The molecule has 0 unspecified atom stereocenters. The number of benzene rings is 2. The number of hydrogen-bond donors (Lipinski definition) is 2. The van der Waals surface area contributed by atoms with Crippen LogP contribution in [0.5, 0.6) is 11.5 Å². The Morgan fingerprint density at radius 1 is 1.18 bits per heavy atom. The maximum atomic E-state index is 13.8. The largest absolute Gasteiger partial charge is 0.497 e. The van der Waals surface area contributed by atoms with Crippen LogP contribution < -0.4 is 20.1 Å². The summed E-state index contributed by atoms with van der Waals surface area (Å²) in [5.74, 6) is 1.53. The number of rotatable bonds is 6. The first-order valence-electron chi connectivity index (χ1n) is 8.26. The molecule has 6 nitrogen and oxygen atoms in total. The first-order chi connectivity index (χ1) is 13.5. The van der Waals surface area contributed by atoms with Gasteiger partial charge in [0.25, 0.3) is 0 Å². The van der Waals surface area contributed by atoms with Crippen LogP contribution in [-0.2, 0) is 6.54 Å². The van der Waals surface area contributed by atoms with Gasteiger partial charge in [0.15, 0.2) is 10.9 Å². The van der Waals surface area contributed by atoms with E-state index in [2.05, 4.69) is 31.7 Å². The van der Waals surface area contributed by atoms with E-state index in [1.165, 1.54) is 6.07 Å². The van der Waals surface area contributed by atoms with Gasteiger partial charge in [0.05, 0.1) is 30.9 Å². The highest BCUT2D eigenvalue weighted by Crippen LogP contribution is 2.29. The van der Waals surface area contributed by atoms with Crippen LogP contribution in [0.25, 0.3) is 0 Å². The number of methoxy groups -OCH3 is 2. The summed E-state index contributed by atoms with van der Waals surface area (Å²) in [5, 5.41) is 10.8. The minimum atomic E-state index is -0.272. The zero-order valence-electron chi connectivity index (χ0n) is 15.2. The molecule has 9 heteroatoms. The predicted molar refractivity (Wildman–Crippen MR) is 115 cm³/mol. The molecule has 1 heterocycles. The molecule has 146 valence electrons. The van der Waals surface area contributed by atoms with Gasteiger partial charge >= 0.3 is 0 Å². The summed E-state index contributed by atoms with van der Waals surface area (Å²) in [6.07, 6.45) is 1.75. The average Bonchev–Trinajstić information content (AvgIpc) is 3.02. The topological polar surface area (TPSA) is 60.3 Å². The van der Waals surface area contributed by atoms with Crippen molar-refractivity contribution in [2.24, 2.45) is 0 Å². The smallest absolute Gasteiger partial charge is 0.176 e. The fourth-order valence-corrected chi connectivity index (χ4v) is 3.16. The molecule has 1 aromatic heterocycles. The lowest BCUT2D eigenvalue weighted by atomic mass is 10.2. The zero-order valence-corrected chi connectivity index (χ0v) is 17.6. The molecule has 0 fully saturated rings. The molecule has 0 saturated heterocycles. The third kappa shape index (κ3) is 4.79. The van der Waals surface area contributed by atoms with Crippen molar-refractivity contribution < 1.29 is 13.9 Å². The second-order valence-electron chi connectivity index (χ2n) is 5.76. The number of nitrogens with zero attached hydrogens (tertiary/aromatic N) is 2. The Hall–Kier alpha value is -2.65. The summed E-state index contributed by atoms with van der Waals surface area (Å²) in [7, 11) is 3.16. The molecule has 0 spiro atoms. The predicted octanol–water partition coefficient (Wildman–Crippen LogP) is 4.66. The van der Waals surface area contributed by atoms with Crippen LogP contribution in [0.1, 0.15) is 5.56 Å². The molecule has 2 N–H and O–H groups in total. The van der Waals surface area contributed by atoms with Crippen molar-refractivity contribution in [2.45, 2.75) is 6.54 Å². The minimum absolute atomic E-state index is 0.272. The molecule has 0 atom stereocenters. The van der Waals surface area contributed by atoms with Crippen LogP contribution in [0.3, 0.4) is 0 Å². The number of anilines is 2. The lowest BCUT2D eigenvalue weighted by Gasteiger charge is -2.13. The van der Waals surface area contributed by atoms with Crippen LogP contribution in [0.15, 0.2) is 53.1 Å². The molecule has 3 aromatic rings. The number of ether oxygens (including phenoxy) is 2. The standard InChI is InChI=1S/C19H18BrFN4O2S/c1-26-13-7-8-17(27-2)16(9-13)22-19(28)23-18-14(20)11-25(24-18)10-12-5-3-4-6-15(12)21/h3-9,11H,10H2,1-2H3,(H2,22,23,24,28). The van der Waals surface area contributed by atoms with E-state index in [0.717, 1.165) is 0 Å². The van der Waals surface area contributed by atoms with E-state index in [1.807, 2.05) is 0 Å². The lowest BCUT2D eigenvalue weighted by molar-refractivity contribution is 0.405. The molecule has 28 heavy (non-hydrogen) atoms. The van der Waals surface area contributed by atoms with E-state index in [1.54, 1.807) is 61.5 Å². The highest BCUT2D eigenvalue weighted by Gasteiger charge is 2.12. The highest BCUT2D eigenvalue weighted by atomic mass is 79.9. The maximum absolute atomic E-state index is 13.8. The van der Waals surface area contributed by atoms with Gasteiger partial charge < -0.3 is 20.1 Å². The molecule has 2 aromatic carbocycles. The van der Waals surface area contributed by atoms with Crippen molar-refractivity contribution in [1.82, 2.24) is 9.78 Å². The Morgan fingerprint density at radius 3 is 2.68 bits per heavy atom. The summed E-state index contributed by atoms with van der Waals surface area (Å²) in [5.41, 5.74) is 1.20. The van der Waals surface area contributed by atoms with E-state index < -0.39 is 0 Å². The van der Waals surface area contributed by atoms with Gasteiger partial charge in [-0.05, 0) is 46.3 Å². The maximum Gasteiger partial charge on any atom is 0.176 e. The van der Waals surface area contributed by atoms with E-state index >= 15 is 0 Å². The Balaban J connectivity index is 1.71. The SMILES string of the molecule is COc1ccc(OC)c(NC(=S)Nc2nn(Cc3ccccc3F)cc2Br)c1. The monoisotopic (exact) mass is 464 g/mol. The van der Waals surface area contributed by atoms with Gasteiger partial charge in [-0.2, -0.15) is 5.10 Å². The van der Waals surface area contributed by atoms with Crippen LogP contribution in [0, 0.1) is 5.82 Å². The summed E-state index contributed by atoms with van der Waals surface area (Å²) in [6, 6.07) is 11.9. The van der Waals surface area contributed by atoms with E-state index in [-0.39, 0.29) is 5.82 Å². The molecule has 0 aliphatic carbocycles. The number of aromatic nitrogens is 2. The molecule has 0 bridgehead atoms. The van der Waals surface area contributed by atoms with E-state index in [0.29, 0.717) is 44.7 Å². The van der Waals surface area contributed by atoms with E-state index in [4.69, 9.17) is 21.7 Å². The number of nitrogens with one attached hydrogen (secondary N) is 2. The second-order valence-corrected chi connectivity index (χ2v) is 7.02. The molecule has 0 aliphatic heterocycles. The van der Waals surface area contributed by atoms with Gasteiger partial charge in [0.1, 0.15) is 17.3 Å². The van der Waals surface area contributed by atoms with Gasteiger partial charge in [-0.15, -0.1) is 0 Å². The average molecular weight is 465 g/mol. The first kappa shape index (κ1) is 20.1. The van der Waals surface area contributed by atoms with Gasteiger partial charge in [0.2, 0.25) is 0 Å². The number of hydrogen-bond acceptors (Lipinski definition) is 4. The third-order valence-electron chi connectivity index (χ3n) is 3.89. The summed E-state index contributed by atoms with van der Waals surface area (Å²) < 4.78 is 26.7. The van der Waals surface area contributed by atoms with Crippen molar-refractivity contribution >= 4 is 44.8 Å². The molecule has 0 radical (unpaired) electrons. The molecule has 0 saturated carbocycles. The quantitative estimate of drug-likeness (QED) is 0.517. The lowest BCUT2D eigenvalue weighted by Crippen LogP contribution is -2.20. The Kier molecular flexibility index (Phi) is 6.48. The Bertz CT molecular complexity index is 996. The van der Waals surface area contributed by atoms with Crippen LogP contribution in [0.2, 0.25) is 0 Å². The molecular weight excluding hydrogens is 447 g/mol. The molecule has 0 aliphatic rings. The number of thiocarbonyl (C=S) groups is 1. The second kappa shape index (κ2) is 9.03. The minimum Gasteiger partial charge on any atom is -0.497 e. The van der Waals surface area contributed by atoms with Gasteiger partial charge in [-0.25, -0.2) is 4.39 Å². The van der Waals surface area contributed by atoms with Crippen molar-refractivity contribution in [3.05, 3.63) is 64.5 Å². The van der Waals surface area contributed by atoms with Gasteiger partial charge in [-0.1, -0.05) is 18.2 Å². The van der Waals surface area contributed by atoms with E-state index in [9.17, 15) is 4.39 Å². The third-order valence-corrected chi connectivity index (χ3v) is 4.68. The van der Waals surface area contributed by atoms with Crippen molar-refractivity contribution in [3.8, 4) is 11.5 Å². The Morgan fingerprint density at radius 2 is 1.96 bits per heavy atom. The van der Waals surface area contributed by atoms with Crippen LogP contribution in [0.4, 0.5) is 15.9 Å². The van der Waals surface area contributed by atoms with Crippen molar-refractivity contribution in [1.29, 1.82) is 0 Å². The molecule has 0 amide bonds.